The molecule has 0 spiro atoms. The zero-order valence-electron chi connectivity index (χ0n) is 13.6. The van der Waals surface area contributed by atoms with Gasteiger partial charge >= 0.3 is 0 Å². The van der Waals surface area contributed by atoms with Crippen molar-refractivity contribution < 1.29 is 23.8 Å². The summed E-state index contributed by atoms with van der Waals surface area (Å²) >= 11 is 0. The Balaban J connectivity index is 2.43. The molecular formula is C16H22N2O5. The third-order valence-corrected chi connectivity index (χ3v) is 3.99. The van der Waals surface area contributed by atoms with Crippen LogP contribution in [0.15, 0.2) is 12.1 Å². The number of ether oxygens (including phenoxy) is 3. The van der Waals surface area contributed by atoms with Crippen molar-refractivity contribution in [3.63, 3.8) is 0 Å². The maximum atomic E-state index is 12.0. The van der Waals surface area contributed by atoms with Crippen molar-refractivity contribution in [2.24, 2.45) is 5.73 Å². The molecule has 2 rings (SSSR count). The first-order chi connectivity index (χ1) is 11.0. The van der Waals surface area contributed by atoms with Crippen LogP contribution >= 0.6 is 0 Å². The molecule has 7 heteroatoms. The third kappa shape index (κ3) is 3.56. The molecule has 1 saturated heterocycles. The average molecular weight is 322 g/mol. The number of primary amides is 1. The van der Waals surface area contributed by atoms with Crippen LogP contribution in [0.4, 0.5) is 0 Å². The summed E-state index contributed by atoms with van der Waals surface area (Å²) in [7, 11) is 4.54. The van der Waals surface area contributed by atoms with E-state index in [-0.39, 0.29) is 5.78 Å². The number of benzene rings is 1. The molecule has 1 aliphatic rings. The Bertz CT molecular complexity index is 567. The van der Waals surface area contributed by atoms with E-state index in [0.717, 1.165) is 0 Å². The van der Waals surface area contributed by atoms with Crippen molar-refractivity contribution in [3.05, 3.63) is 17.7 Å². The molecule has 126 valence electrons. The van der Waals surface area contributed by atoms with Crippen LogP contribution in [0, 0.1) is 0 Å². The molecule has 1 heterocycles. The summed E-state index contributed by atoms with van der Waals surface area (Å²) in [6, 6.07) is 2.79. The first kappa shape index (κ1) is 17.1. The minimum Gasteiger partial charge on any atom is -0.493 e. The van der Waals surface area contributed by atoms with E-state index in [9.17, 15) is 9.59 Å². The lowest BCUT2D eigenvalue weighted by molar-refractivity contribution is -0.128. The van der Waals surface area contributed by atoms with Gasteiger partial charge in [-0.2, -0.15) is 0 Å². The topological polar surface area (TPSA) is 91.1 Å². The molecule has 7 nitrogen and oxygen atoms in total. The number of piperidine rings is 1. The van der Waals surface area contributed by atoms with Crippen LogP contribution in [0.25, 0.3) is 0 Å². The molecular weight excluding hydrogens is 300 g/mol. The first-order valence-corrected chi connectivity index (χ1v) is 7.36. The number of carbonyl (C=O) groups excluding carboxylic acids is 2. The molecule has 0 bridgehead atoms. The standard InChI is InChI=1S/C16H22N2O5/c1-21-12-8-10(9-13(22-2)15(12)23-3)14(16(17)20)18-6-4-11(19)5-7-18/h8-9,14H,4-7H2,1-3H3,(H2,17,20). The quantitative estimate of drug-likeness (QED) is 0.837. The molecule has 0 aliphatic carbocycles. The number of likely N-dealkylation sites (tertiary alicyclic amines) is 1. The van der Waals surface area contributed by atoms with Crippen LogP contribution in [-0.4, -0.2) is 51.0 Å². The predicted octanol–water partition coefficient (Wildman–Crippen LogP) is 0.904. The number of hydrogen-bond acceptors (Lipinski definition) is 6. The van der Waals surface area contributed by atoms with Crippen molar-refractivity contribution in [2.75, 3.05) is 34.4 Å². The number of nitrogens with zero attached hydrogens (tertiary/aromatic N) is 1. The summed E-state index contributed by atoms with van der Waals surface area (Å²) in [5.41, 5.74) is 6.26. The van der Waals surface area contributed by atoms with Crippen molar-refractivity contribution in [1.29, 1.82) is 0 Å². The van der Waals surface area contributed by atoms with Gasteiger partial charge in [-0.3, -0.25) is 14.5 Å². The van der Waals surface area contributed by atoms with Crippen LogP contribution in [0.3, 0.4) is 0 Å². The van der Waals surface area contributed by atoms with Crippen molar-refractivity contribution in [3.8, 4) is 17.2 Å². The maximum Gasteiger partial charge on any atom is 0.239 e. The van der Waals surface area contributed by atoms with Gasteiger partial charge < -0.3 is 19.9 Å². The molecule has 23 heavy (non-hydrogen) atoms. The Morgan fingerprint density at radius 1 is 1.09 bits per heavy atom. The number of carbonyl (C=O) groups is 2. The van der Waals surface area contributed by atoms with E-state index in [1.807, 2.05) is 4.90 Å². The molecule has 2 N–H and O–H groups in total. The molecule has 1 amide bonds. The molecule has 1 atom stereocenters. The van der Waals surface area contributed by atoms with Gasteiger partial charge in [0.2, 0.25) is 11.7 Å². The number of rotatable bonds is 6. The van der Waals surface area contributed by atoms with E-state index in [1.165, 1.54) is 21.3 Å². The second-order valence-electron chi connectivity index (χ2n) is 5.34. The van der Waals surface area contributed by atoms with E-state index >= 15 is 0 Å². The largest absolute Gasteiger partial charge is 0.493 e. The lowest BCUT2D eigenvalue weighted by atomic mass is 9.99. The van der Waals surface area contributed by atoms with Gasteiger partial charge in [0.15, 0.2) is 11.5 Å². The van der Waals surface area contributed by atoms with Crippen LogP contribution in [0.1, 0.15) is 24.4 Å². The van der Waals surface area contributed by atoms with E-state index in [1.54, 1.807) is 12.1 Å². The average Bonchev–Trinajstić information content (AvgIpc) is 2.55. The summed E-state index contributed by atoms with van der Waals surface area (Å²) < 4.78 is 15.9. The van der Waals surface area contributed by atoms with E-state index in [4.69, 9.17) is 19.9 Å². The lowest BCUT2D eigenvalue weighted by Gasteiger charge is -2.32. The zero-order chi connectivity index (χ0) is 17.0. The SMILES string of the molecule is COc1cc(C(C(N)=O)N2CCC(=O)CC2)cc(OC)c1OC. The Kier molecular flexibility index (Phi) is 5.44. The van der Waals surface area contributed by atoms with Crippen molar-refractivity contribution in [2.45, 2.75) is 18.9 Å². The number of amides is 1. The van der Waals surface area contributed by atoms with E-state index in [2.05, 4.69) is 0 Å². The fourth-order valence-electron chi connectivity index (χ4n) is 2.85. The maximum absolute atomic E-state index is 12.0. The fraction of sp³-hybridized carbons (Fsp3) is 0.500. The van der Waals surface area contributed by atoms with Gasteiger partial charge in [0.25, 0.3) is 0 Å². The Morgan fingerprint density at radius 2 is 1.61 bits per heavy atom. The molecule has 1 aromatic rings. The van der Waals surface area contributed by atoms with E-state index in [0.29, 0.717) is 48.7 Å². The van der Waals surface area contributed by atoms with Gasteiger partial charge in [0.05, 0.1) is 21.3 Å². The second kappa shape index (κ2) is 7.32. The summed E-state index contributed by atoms with van der Waals surface area (Å²) in [6.45, 7) is 1.01. The first-order valence-electron chi connectivity index (χ1n) is 7.36. The summed E-state index contributed by atoms with van der Waals surface area (Å²) in [4.78, 5) is 25.3. The van der Waals surface area contributed by atoms with Crippen LogP contribution < -0.4 is 19.9 Å². The summed E-state index contributed by atoms with van der Waals surface area (Å²) in [6.07, 6.45) is 0.850. The molecule has 1 fully saturated rings. The monoisotopic (exact) mass is 322 g/mol. The van der Waals surface area contributed by atoms with Gasteiger partial charge in [0, 0.05) is 25.9 Å². The Labute approximate surface area is 135 Å². The van der Waals surface area contributed by atoms with Gasteiger partial charge in [-0.25, -0.2) is 0 Å². The molecule has 1 unspecified atom stereocenters. The minimum absolute atomic E-state index is 0.203. The predicted molar refractivity (Wildman–Crippen MR) is 83.8 cm³/mol. The van der Waals surface area contributed by atoms with Gasteiger partial charge in [0.1, 0.15) is 11.8 Å². The zero-order valence-corrected chi connectivity index (χ0v) is 13.6. The third-order valence-electron chi connectivity index (χ3n) is 3.99. The molecule has 0 saturated carbocycles. The lowest BCUT2D eigenvalue weighted by Crippen LogP contribution is -2.42. The highest BCUT2D eigenvalue weighted by Gasteiger charge is 2.30. The number of ketones is 1. The molecule has 0 aromatic heterocycles. The number of methoxy groups -OCH3 is 3. The normalized spacial score (nSPS) is 16.7. The molecule has 1 aliphatic heterocycles. The Morgan fingerprint density at radius 3 is 2.00 bits per heavy atom. The smallest absolute Gasteiger partial charge is 0.239 e. The highest BCUT2D eigenvalue weighted by Crippen LogP contribution is 2.40. The number of nitrogens with two attached hydrogens (primary N) is 1. The fourth-order valence-corrected chi connectivity index (χ4v) is 2.85. The van der Waals surface area contributed by atoms with Gasteiger partial charge in [-0.15, -0.1) is 0 Å². The van der Waals surface area contributed by atoms with E-state index < -0.39 is 11.9 Å². The van der Waals surface area contributed by atoms with Crippen LogP contribution in [0.5, 0.6) is 17.2 Å². The minimum atomic E-state index is -0.642. The van der Waals surface area contributed by atoms with Gasteiger partial charge in [-0.05, 0) is 17.7 Å². The summed E-state index contributed by atoms with van der Waals surface area (Å²) in [5, 5.41) is 0. The molecule has 0 radical (unpaired) electrons. The van der Waals surface area contributed by atoms with Gasteiger partial charge in [-0.1, -0.05) is 0 Å². The van der Waals surface area contributed by atoms with Crippen molar-refractivity contribution in [1.82, 2.24) is 4.90 Å². The van der Waals surface area contributed by atoms with Crippen LogP contribution in [0.2, 0.25) is 0 Å². The highest BCUT2D eigenvalue weighted by atomic mass is 16.5. The highest BCUT2D eigenvalue weighted by molar-refractivity contribution is 5.83. The Hall–Kier alpha value is -2.28. The van der Waals surface area contributed by atoms with Crippen molar-refractivity contribution >= 4 is 11.7 Å². The second-order valence-corrected chi connectivity index (χ2v) is 5.34. The summed E-state index contributed by atoms with van der Waals surface area (Å²) in [5.74, 6) is 1.10. The molecule has 1 aromatic carbocycles. The van der Waals surface area contributed by atoms with Crippen LogP contribution in [-0.2, 0) is 9.59 Å². The number of hydrogen-bond donors (Lipinski definition) is 1. The number of Topliss-reactive ketones (excluding diaryl/α,β-unsaturated/α-hetero) is 1.